The van der Waals surface area contributed by atoms with E-state index in [2.05, 4.69) is 9.97 Å². The third kappa shape index (κ3) is 3.36. The number of pyridine rings is 1. The summed E-state index contributed by atoms with van der Waals surface area (Å²) in [4.78, 5) is 59.7. The number of nitrogens with zero attached hydrogens (tertiary/aromatic N) is 6. The predicted molar refractivity (Wildman–Crippen MR) is 127 cm³/mol. The third-order valence-corrected chi connectivity index (χ3v) is 6.22. The highest BCUT2D eigenvalue weighted by atomic mass is 35.5. The number of carbonyl (C=O) groups is 2. The van der Waals surface area contributed by atoms with Crippen molar-refractivity contribution in [3.05, 3.63) is 91.7 Å². The second-order valence-electron chi connectivity index (χ2n) is 7.89. The maximum Gasteiger partial charge on any atom is 0.416 e. The van der Waals surface area contributed by atoms with Gasteiger partial charge in [-0.3, -0.25) is 23.7 Å². The lowest BCUT2D eigenvalue weighted by Gasteiger charge is -2.10. The quantitative estimate of drug-likeness (QED) is 0.380. The Labute approximate surface area is 201 Å². The molecule has 4 heterocycles. The van der Waals surface area contributed by atoms with Gasteiger partial charge in [0.15, 0.2) is 17.0 Å². The third-order valence-electron chi connectivity index (χ3n) is 5.89. The summed E-state index contributed by atoms with van der Waals surface area (Å²) in [6.07, 6.45) is 1.65. The molecule has 0 spiro atoms. The van der Waals surface area contributed by atoms with E-state index >= 15 is 0 Å². The second-order valence-corrected chi connectivity index (χ2v) is 8.30. The van der Waals surface area contributed by atoms with E-state index in [-0.39, 0.29) is 29.2 Å². The van der Waals surface area contributed by atoms with E-state index in [9.17, 15) is 24.3 Å². The van der Waals surface area contributed by atoms with Crippen molar-refractivity contribution in [3.63, 3.8) is 0 Å². The Bertz CT molecular complexity index is 1800. The summed E-state index contributed by atoms with van der Waals surface area (Å²) in [7, 11) is 2.94. The van der Waals surface area contributed by atoms with Crippen molar-refractivity contribution in [2.75, 3.05) is 0 Å². The summed E-state index contributed by atoms with van der Waals surface area (Å²) in [5.41, 5.74) is -0.520. The molecule has 0 atom stereocenters. The highest BCUT2D eigenvalue weighted by molar-refractivity contribution is 6.35. The molecule has 0 aliphatic heterocycles. The van der Waals surface area contributed by atoms with Crippen LogP contribution in [0.3, 0.4) is 0 Å². The van der Waals surface area contributed by atoms with Gasteiger partial charge in [0.25, 0.3) is 5.56 Å². The predicted octanol–water partition coefficient (Wildman–Crippen LogP) is 2.24. The Hall–Kier alpha value is -4.51. The molecule has 1 N–H and O–H groups in total. The number of carboxylic acid groups (broad SMARTS) is 1. The van der Waals surface area contributed by atoms with Gasteiger partial charge in [-0.25, -0.2) is 19.1 Å². The molecule has 176 valence electrons. The van der Waals surface area contributed by atoms with Crippen LogP contribution >= 0.6 is 11.6 Å². The minimum absolute atomic E-state index is 0.0255. The maximum atomic E-state index is 13.4. The minimum Gasteiger partial charge on any atom is -0.464 e. The molecule has 0 saturated heterocycles. The zero-order valence-corrected chi connectivity index (χ0v) is 19.2. The summed E-state index contributed by atoms with van der Waals surface area (Å²) >= 11 is 6.23. The van der Waals surface area contributed by atoms with Crippen LogP contribution in [0.15, 0.2) is 58.4 Å². The molecular weight excluding hydrogens is 476 g/mol. The van der Waals surface area contributed by atoms with Crippen LogP contribution < -0.4 is 11.2 Å². The number of halogens is 1. The lowest BCUT2D eigenvalue weighted by molar-refractivity contribution is 0.102. The Morgan fingerprint density at radius 1 is 1.06 bits per heavy atom. The highest BCUT2D eigenvalue weighted by Crippen LogP contribution is 2.27. The Balaban J connectivity index is 1.72. The number of hydrogen-bond acceptors (Lipinski definition) is 6. The van der Waals surface area contributed by atoms with E-state index in [1.54, 1.807) is 18.2 Å². The number of carbonyl (C=O) groups excluding carboxylic acids is 1. The summed E-state index contributed by atoms with van der Waals surface area (Å²) < 4.78 is 4.38. The van der Waals surface area contributed by atoms with Crippen LogP contribution in [0.1, 0.15) is 21.9 Å². The first kappa shape index (κ1) is 22.3. The lowest BCUT2D eigenvalue weighted by Crippen LogP contribution is -2.40. The maximum absolute atomic E-state index is 13.4. The van der Waals surface area contributed by atoms with Gasteiger partial charge in [-0.2, -0.15) is 0 Å². The first-order chi connectivity index (χ1) is 16.7. The Kier molecular flexibility index (Phi) is 5.13. The zero-order chi connectivity index (χ0) is 25.0. The Morgan fingerprint density at radius 3 is 2.46 bits per heavy atom. The van der Waals surface area contributed by atoms with Crippen molar-refractivity contribution in [2.24, 2.45) is 14.1 Å². The number of fused-ring (bicyclic) bond motifs is 2. The molecule has 0 saturated carbocycles. The van der Waals surface area contributed by atoms with E-state index in [0.29, 0.717) is 21.5 Å². The van der Waals surface area contributed by atoms with E-state index in [0.717, 1.165) is 13.7 Å². The molecule has 11 nitrogen and oxygen atoms in total. The van der Waals surface area contributed by atoms with Crippen molar-refractivity contribution in [3.8, 4) is 0 Å². The van der Waals surface area contributed by atoms with Gasteiger partial charge in [0.1, 0.15) is 0 Å². The van der Waals surface area contributed by atoms with Gasteiger partial charge >= 0.3 is 11.8 Å². The zero-order valence-electron chi connectivity index (χ0n) is 18.5. The number of aromatic nitrogens is 6. The van der Waals surface area contributed by atoms with E-state index in [1.165, 1.54) is 49.3 Å². The molecule has 0 amide bonds. The highest BCUT2D eigenvalue weighted by Gasteiger charge is 2.24. The van der Waals surface area contributed by atoms with Crippen LogP contribution in [0.2, 0.25) is 5.02 Å². The van der Waals surface area contributed by atoms with Crippen molar-refractivity contribution in [1.29, 1.82) is 0 Å². The first-order valence-corrected chi connectivity index (χ1v) is 10.7. The molecule has 12 heteroatoms. The van der Waals surface area contributed by atoms with Gasteiger partial charge in [-0.1, -0.05) is 17.7 Å². The van der Waals surface area contributed by atoms with Crippen LogP contribution in [0.4, 0.5) is 4.79 Å². The number of aryl methyl sites for hydroxylation is 2. The number of imidazole rings is 1. The van der Waals surface area contributed by atoms with Gasteiger partial charge in [0, 0.05) is 42.5 Å². The van der Waals surface area contributed by atoms with Gasteiger partial charge in [-0.15, -0.1) is 0 Å². The molecule has 0 bridgehead atoms. The molecule has 4 aromatic heterocycles. The molecule has 0 fully saturated rings. The van der Waals surface area contributed by atoms with E-state index < -0.39 is 23.1 Å². The molecule has 0 radical (unpaired) electrons. The fourth-order valence-electron chi connectivity index (χ4n) is 4.17. The number of rotatable bonds is 4. The summed E-state index contributed by atoms with van der Waals surface area (Å²) in [5.74, 6) is -0.465. The van der Waals surface area contributed by atoms with Gasteiger partial charge in [-0.05, 0) is 30.3 Å². The normalized spacial score (nSPS) is 11.4. The molecule has 1 aromatic carbocycles. The van der Waals surface area contributed by atoms with Crippen LogP contribution in [0.25, 0.3) is 22.1 Å². The topological polar surface area (TPSA) is 134 Å². The SMILES string of the molecule is Cn1c(C(=O)c2ccncc2)nc2c1c(=O)n(Cc1cc3c(Cl)cccc3n1C(=O)O)c(=O)n2C. The van der Waals surface area contributed by atoms with E-state index in [1.807, 2.05) is 0 Å². The molecule has 35 heavy (non-hydrogen) atoms. The average molecular weight is 493 g/mol. The molecular formula is C23H17ClN6O5. The van der Waals surface area contributed by atoms with Gasteiger partial charge < -0.3 is 9.67 Å². The fraction of sp³-hybridized carbons (Fsp3) is 0.130. The molecule has 5 aromatic rings. The van der Waals surface area contributed by atoms with Crippen LogP contribution in [-0.2, 0) is 20.6 Å². The number of hydrogen-bond donors (Lipinski definition) is 1. The number of benzene rings is 1. The Morgan fingerprint density at radius 2 is 1.77 bits per heavy atom. The van der Waals surface area contributed by atoms with Gasteiger partial charge in [0.2, 0.25) is 5.78 Å². The second kappa shape index (κ2) is 8.06. The minimum atomic E-state index is -1.28. The molecule has 5 rings (SSSR count). The molecule has 0 aliphatic rings. The standard InChI is InChI=1S/C23H17ClN6O5/c1-27-17-19(26-20(27)18(31)12-6-8-25-9-7-12)28(2)22(33)29(21(17)32)11-13-10-14-15(24)4-3-5-16(14)30(13)23(34)35/h3-10H,11H2,1-2H3,(H,34,35). The molecule has 0 unspecified atom stereocenters. The van der Waals surface area contributed by atoms with Crippen LogP contribution in [-0.4, -0.2) is 45.2 Å². The van der Waals surface area contributed by atoms with Crippen molar-refractivity contribution in [1.82, 2.24) is 28.2 Å². The first-order valence-electron chi connectivity index (χ1n) is 10.3. The molecule has 0 aliphatic carbocycles. The van der Waals surface area contributed by atoms with Crippen molar-refractivity contribution < 1.29 is 14.7 Å². The fourth-order valence-corrected chi connectivity index (χ4v) is 4.40. The van der Waals surface area contributed by atoms with Crippen LogP contribution in [0.5, 0.6) is 0 Å². The van der Waals surface area contributed by atoms with Crippen molar-refractivity contribution >= 4 is 45.5 Å². The summed E-state index contributed by atoms with van der Waals surface area (Å²) in [6.45, 7) is -0.336. The van der Waals surface area contributed by atoms with E-state index in [4.69, 9.17) is 11.6 Å². The smallest absolute Gasteiger partial charge is 0.416 e. The van der Waals surface area contributed by atoms with Gasteiger partial charge in [0.05, 0.1) is 17.8 Å². The number of ketones is 1. The van der Waals surface area contributed by atoms with Crippen molar-refractivity contribution in [2.45, 2.75) is 6.54 Å². The lowest BCUT2D eigenvalue weighted by atomic mass is 10.2. The summed E-state index contributed by atoms with van der Waals surface area (Å²) in [6, 6.07) is 9.39. The monoisotopic (exact) mass is 492 g/mol. The largest absolute Gasteiger partial charge is 0.464 e. The summed E-state index contributed by atoms with van der Waals surface area (Å²) in [5, 5.41) is 10.6. The average Bonchev–Trinajstić information content (AvgIpc) is 3.39. The van der Waals surface area contributed by atoms with Crippen LogP contribution in [0, 0.1) is 0 Å².